The lowest BCUT2D eigenvalue weighted by Crippen LogP contribution is -2.07. The predicted molar refractivity (Wildman–Crippen MR) is 65.4 cm³/mol. The van der Waals surface area contributed by atoms with Gasteiger partial charge in [0.1, 0.15) is 5.75 Å². The molecule has 0 unspecified atom stereocenters. The monoisotopic (exact) mass is 282 g/mol. The Kier molecular flexibility index (Phi) is 4.89. The summed E-state index contributed by atoms with van der Waals surface area (Å²) in [6.45, 7) is 0. The zero-order valence-corrected chi connectivity index (χ0v) is 11.1. The molecule has 1 rings (SSSR count). The molecule has 1 aromatic carbocycles. The lowest BCUT2D eigenvalue weighted by atomic mass is 10.3. The summed E-state index contributed by atoms with van der Waals surface area (Å²) in [6, 6.07) is 4.41. The Hall–Kier alpha value is -0.450. The Morgan fingerprint density at radius 2 is 2.06 bits per heavy atom. The second kappa shape index (κ2) is 5.75. The molecule has 0 N–H and O–H groups in total. The third kappa shape index (κ3) is 3.27. The molecule has 0 aliphatic heterocycles. The van der Waals surface area contributed by atoms with Gasteiger partial charge in [-0.25, -0.2) is 8.42 Å². The van der Waals surface area contributed by atoms with E-state index in [2.05, 4.69) is 0 Å². The molecular formula is C10H12Cl2O3S. The molecule has 1 aromatic rings. The minimum absolute atomic E-state index is 0.0269. The zero-order chi connectivity index (χ0) is 12.2. The highest BCUT2D eigenvalue weighted by molar-refractivity contribution is 7.91. The van der Waals surface area contributed by atoms with Crippen LogP contribution in [-0.4, -0.2) is 27.2 Å². The number of halogens is 2. The van der Waals surface area contributed by atoms with Crippen molar-refractivity contribution < 1.29 is 13.2 Å². The van der Waals surface area contributed by atoms with Gasteiger partial charge < -0.3 is 4.74 Å². The van der Waals surface area contributed by atoms with E-state index in [0.29, 0.717) is 18.1 Å². The van der Waals surface area contributed by atoms with Gasteiger partial charge >= 0.3 is 0 Å². The third-order valence-electron chi connectivity index (χ3n) is 2.03. The van der Waals surface area contributed by atoms with E-state index in [0.717, 1.165) is 0 Å². The summed E-state index contributed by atoms with van der Waals surface area (Å²) < 4.78 is 28.5. The van der Waals surface area contributed by atoms with Crippen molar-refractivity contribution in [2.24, 2.45) is 0 Å². The number of benzene rings is 1. The second-order valence-electron chi connectivity index (χ2n) is 3.16. The van der Waals surface area contributed by atoms with E-state index in [9.17, 15) is 8.42 Å². The van der Waals surface area contributed by atoms with Gasteiger partial charge in [0, 0.05) is 5.88 Å². The van der Waals surface area contributed by atoms with Crippen molar-refractivity contribution in [1.29, 1.82) is 0 Å². The first-order chi connectivity index (χ1) is 7.51. The summed E-state index contributed by atoms with van der Waals surface area (Å²) in [4.78, 5) is 0.198. The molecule has 3 nitrogen and oxygen atoms in total. The van der Waals surface area contributed by atoms with Crippen molar-refractivity contribution >= 4 is 33.0 Å². The first-order valence-corrected chi connectivity index (χ1v) is 7.20. The van der Waals surface area contributed by atoms with Crippen LogP contribution in [0.1, 0.15) is 6.42 Å². The average molecular weight is 283 g/mol. The van der Waals surface area contributed by atoms with Crippen LogP contribution >= 0.6 is 23.2 Å². The van der Waals surface area contributed by atoms with Crippen LogP contribution in [0.5, 0.6) is 5.75 Å². The largest absolute Gasteiger partial charge is 0.495 e. The summed E-state index contributed by atoms with van der Waals surface area (Å²) in [6.07, 6.45) is 0.424. The number of hydrogen-bond donors (Lipinski definition) is 0. The molecule has 6 heteroatoms. The second-order valence-corrected chi connectivity index (χ2v) is 6.05. The lowest BCUT2D eigenvalue weighted by Gasteiger charge is -2.06. The number of rotatable bonds is 5. The van der Waals surface area contributed by atoms with Crippen LogP contribution in [0.15, 0.2) is 23.1 Å². The molecule has 0 saturated carbocycles. The Morgan fingerprint density at radius 1 is 1.38 bits per heavy atom. The van der Waals surface area contributed by atoms with Crippen LogP contribution in [0.4, 0.5) is 0 Å². The van der Waals surface area contributed by atoms with E-state index >= 15 is 0 Å². The van der Waals surface area contributed by atoms with Gasteiger partial charge in [-0.05, 0) is 24.6 Å². The molecule has 0 spiro atoms. The number of methoxy groups -OCH3 is 1. The topological polar surface area (TPSA) is 43.4 Å². The average Bonchev–Trinajstić information content (AvgIpc) is 2.26. The Labute approximate surface area is 105 Å². The standard InChI is InChI=1S/C10H12Cl2O3S/c1-15-10-4-3-8(7-9(10)12)16(13,14)6-2-5-11/h3-4,7H,2,5-6H2,1H3. The van der Waals surface area contributed by atoms with Crippen molar-refractivity contribution in [3.05, 3.63) is 23.2 Å². The van der Waals surface area contributed by atoms with Crippen molar-refractivity contribution in [2.45, 2.75) is 11.3 Å². The number of hydrogen-bond acceptors (Lipinski definition) is 3. The maximum Gasteiger partial charge on any atom is 0.178 e. The van der Waals surface area contributed by atoms with E-state index in [1.165, 1.54) is 25.3 Å². The molecule has 0 fully saturated rings. The van der Waals surface area contributed by atoms with Crippen LogP contribution in [-0.2, 0) is 9.84 Å². The van der Waals surface area contributed by atoms with Gasteiger partial charge in [-0.1, -0.05) is 11.6 Å². The van der Waals surface area contributed by atoms with Gasteiger partial charge in [-0.2, -0.15) is 0 Å². The summed E-state index contributed by atoms with van der Waals surface area (Å²) >= 11 is 11.3. The fourth-order valence-corrected chi connectivity index (χ4v) is 3.15. The van der Waals surface area contributed by atoms with Gasteiger partial charge in [-0.15, -0.1) is 11.6 Å². The zero-order valence-electron chi connectivity index (χ0n) is 8.74. The number of sulfone groups is 1. The fraction of sp³-hybridized carbons (Fsp3) is 0.400. The van der Waals surface area contributed by atoms with Crippen LogP contribution in [0.3, 0.4) is 0 Å². The number of ether oxygens (including phenoxy) is 1. The van der Waals surface area contributed by atoms with E-state index < -0.39 is 9.84 Å². The van der Waals surface area contributed by atoms with E-state index in [-0.39, 0.29) is 15.7 Å². The normalized spacial score (nSPS) is 11.4. The highest BCUT2D eigenvalue weighted by Crippen LogP contribution is 2.27. The van der Waals surface area contributed by atoms with Gasteiger partial charge in [0.15, 0.2) is 9.84 Å². The van der Waals surface area contributed by atoms with Crippen molar-refractivity contribution in [2.75, 3.05) is 18.7 Å². The molecular weight excluding hydrogens is 271 g/mol. The van der Waals surface area contributed by atoms with Gasteiger partial charge in [0.25, 0.3) is 0 Å². The molecule has 0 bridgehead atoms. The van der Waals surface area contributed by atoms with E-state index in [4.69, 9.17) is 27.9 Å². The quantitative estimate of drug-likeness (QED) is 0.780. The Morgan fingerprint density at radius 3 is 2.56 bits per heavy atom. The first-order valence-electron chi connectivity index (χ1n) is 4.63. The third-order valence-corrected chi connectivity index (χ3v) is 4.39. The summed E-state index contributed by atoms with van der Waals surface area (Å²) in [5.41, 5.74) is 0. The molecule has 16 heavy (non-hydrogen) atoms. The van der Waals surface area contributed by atoms with Gasteiger partial charge in [0.05, 0.1) is 22.8 Å². The summed E-state index contributed by atoms with van der Waals surface area (Å²) in [5.74, 6) is 0.806. The molecule has 0 radical (unpaired) electrons. The predicted octanol–water partition coefficient (Wildman–Crippen LogP) is 2.75. The Balaban J connectivity index is 3.01. The SMILES string of the molecule is COc1ccc(S(=O)(=O)CCCCl)cc1Cl. The molecule has 0 heterocycles. The van der Waals surface area contributed by atoms with Crippen LogP contribution < -0.4 is 4.74 Å². The summed E-state index contributed by atoms with van der Waals surface area (Å²) in [5, 5.41) is 0.287. The maximum absolute atomic E-state index is 11.8. The highest BCUT2D eigenvalue weighted by Gasteiger charge is 2.15. The van der Waals surface area contributed by atoms with Gasteiger partial charge in [-0.3, -0.25) is 0 Å². The molecule has 0 saturated heterocycles. The molecule has 90 valence electrons. The van der Waals surface area contributed by atoms with Crippen LogP contribution in [0, 0.1) is 0 Å². The fourth-order valence-electron chi connectivity index (χ4n) is 1.20. The van der Waals surface area contributed by atoms with Crippen molar-refractivity contribution in [3.8, 4) is 5.75 Å². The minimum atomic E-state index is -3.29. The first kappa shape index (κ1) is 13.6. The van der Waals surface area contributed by atoms with Crippen LogP contribution in [0.25, 0.3) is 0 Å². The van der Waals surface area contributed by atoms with Gasteiger partial charge in [0.2, 0.25) is 0 Å². The molecule has 0 aliphatic rings. The lowest BCUT2D eigenvalue weighted by molar-refractivity contribution is 0.414. The minimum Gasteiger partial charge on any atom is -0.495 e. The molecule has 0 amide bonds. The Bertz CT molecular complexity index is 457. The van der Waals surface area contributed by atoms with Crippen molar-refractivity contribution in [3.63, 3.8) is 0 Å². The maximum atomic E-state index is 11.8. The number of alkyl halides is 1. The van der Waals surface area contributed by atoms with E-state index in [1.807, 2.05) is 0 Å². The molecule has 0 atom stereocenters. The highest BCUT2D eigenvalue weighted by atomic mass is 35.5. The van der Waals surface area contributed by atoms with E-state index in [1.54, 1.807) is 0 Å². The summed E-state index contributed by atoms with van der Waals surface area (Å²) in [7, 11) is -1.82. The smallest absolute Gasteiger partial charge is 0.178 e. The van der Waals surface area contributed by atoms with Crippen LogP contribution in [0.2, 0.25) is 5.02 Å². The molecule has 0 aliphatic carbocycles. The van der Waals surface area contributed by atoms with Crippen molar-refractivity contribution in [1.82, 2.24) is 0 Å². The molecule has 0 aromatic heterocycles.